The number of hydrogen-bond donors (Lipinski definition) is 0. The van der Waals surface area contributed by atoms with Gasteiger partial charge in [-0.3, -0.25) is 4.79 Å². The van der Waals surface area contributed by atoms with Crippen molar-refractivity contribution >= 4 is 28.3 Å². The molecule has 3 aromatic heterocycles. The number of pyridine rings is 1. The molecule has 0 saturated heterocycles. The third kappa shape index (κ3) is 2.49. The number of halogens is 1. The Bertz CT molecular complexity index is 1170. The number of rotatable bonds is 1. The first-order valence-electron chi connectivity index (χ1n) is 7.89. The first-order chi connectivity index (χ1) is 11.9. The molecule has 126 valence electrons. The zero-order chi connectivity index (χ0) is 17.8. The minimum atomic E-state index is -0.314. The van der Waals surface area contributed by atoms with Crippen molar-refractivity contribution in [3.63, 3.8) is 0 Å². The van der Waals surface area contributed by atoms with E-state index >= 15 is 0 Å². The summed E-state index contributed by atoms with van der Waals surface area (Å²) < 4.78 is 3.27. The maximum absolute atomic E-state index is 12.8. The predicted octanol–water partition coefficient (Wildman–Crippen LogP) is 3.51. The summed E-state index contributed by atoms with van der Waals surface area (Å²) in [5, 5.41) is 5.58. The summed E-state index contributed by atoms with van der Waals surface area (Å²) in [6.45, 7) is 5.95. The van der Waals surface area contributed by atoms with Crippen molar-refractivity contribution in [2.24, 2.45) is 0 Å². The van der Waals surface area contributed by atoms with Crippen LogP contribution in [-0.4, -0.2) is 24.1 Å². The standard InChI is InChI=1S/C18H16ClN5O/c1-18(2,3)23-9-8-14-12(16(23)25)10-20-17-21-15(22-24(14)17)11-6-4-5-7-13(11)19/h4-10H,1-3H3. The Labute approximate surface area is 148 Å². The molecule has 7 heteroatoms. The Kier molecular flexibility index (Phi) is 3.40. The molecular formula is C18H16ClN5O. The molecular weight excluding hydrogens is 338 g/mol. The molecule has 0 amide bonds. The summed E-state index contributed by atoms with van der Waals surface area (Å²) in [5.41, 5.74) is 0.979. The SMILES string of the molecule is CC(C)(C)n1ccc2c(cnc3nc(-c4ccccc4Cl)nn32)c1=O. The zero-order valence-corrected chi connectivity index (χ0v) is 14.8. The lowest BCUT2D eigenvalue weighted by Gasteiger charge is -2.22. The van der Waals surface area contributed by atoms with Gasteiger partial charge in [-0.1, -0.05) is 23.7 Å². The largest absolute Gasteiger partial charge is 0.310 e. The molecule has 0 aliphatic heterocycles. The van der Waals surface area contributed by atoms with Gasteiger partial charge in [0.15, 0.2) is 5.82 Å². The van der Waals surface area contributed by atoms with Gasteiger partial charge in [0, 0.05) is 23.5 Å². The quantitative estimate of drug-likeness (QED) is 0.525. The molecule has 4 rings (SSSR count). The molecule has 25 heavy (non-hydrogen) atoms. The van der Waals surface area contributed by atoms with E-state index in [9.17, 15) is 4.79 Å². The van der Waals surface area contributed by atoms with E-state index < -0.39 is 0 Å². The fourth-order valence-electron chi connectivity index (χ4n) is 2.80. The van der Waals surface area contributed by atoms with Gasteiger partial charge in [0.25, 0.3) is 11.3 Å². The molecule has 0 N–H and O–H groups in total. The maximum Gasteiger partial charge on any atom is 0.262 e. The number of benzene rings is 1. The average molecular weight is 354 g/mol. The van der Waals surface area contributed by atoms with Gasteiger partial charge in [0.1, 0.15) is 0 Å². The van der Waals surface area contributed by atoms with Crippen molar-refractivity contribution in [2.75, 3.05) is 0 Å². The Morgan fingerprint density at radius 2 is 1.88 bits per heavy atom. The van der Waals surface area contributed by atoms with Gasteiger partial charge < -0.3 is 4.57 Å². The highest BCUT2D eigenvalue weighted by Crippen LogP contribution is 2.25. The summed E-state index contributed by atoms with van der Waals surface area (Å²) in [6.07, 6.45) is 3.33. The van der Waals surface area contributed by atoms with Crippen LogP contribution >= 0.6 is 11.6 Å². The van der Waals surface area contributed by atoms with Crippen LogP contribution < -0.4 is 5.56 Å². The lowest BCUT2D eigenvalue weighted by Crippen LogP contribution is -2.33. The molecule has 0 fully saturated rings. The van der Waals surface area contributed by atoms with E-state index in [4.69, 9.17) is 11.6 Å². The van der Waals surface area contributed by atoms with Crippen LogP contribution in [0.4, 0.5) is 0 Å². The van der Waals surface area contributed by atoms with E-state index in [-0.39, 0.29) is 11.1 Å². The van der Waals surface area contributed by atoms with Crippen molar-refractivity contribution in [1.82, 2.24) is 24.1 Å². The smallest absolute Gasteiger partial charge is 0.262 e. The van der Waals surface area contributed by atoms with E-state index in [0.29, 0.717) is 27.5 Å². The molecule has 4 aromatic rings. The molecule has 1 aromatic carbocycles. The van der Waals surface area contributed by atoms with Crippen LogP contribution in [0.25, 0.3) is 28.1 Å². The van der Waals surface area contributed by atoms with Gasteiger partial charge in [0.2, 0.25) is 0 Å². The summed E-state index contributed by atoms with van der Waals surface area (Å²) in [5.74, 6) is 0.904. The average Bonchev–Trinajstić information content (AvgIpc) is 2.98. The van der Waals surface area contributed by atoms with Gasteiger partial charge in [-0.25, -0.2) is 4.98 Å². The van der Waals surface area contributed by atoms with E-state index in [1.807, 2.05) is 45.0 Å². The topological polar surface area (TPSA) is 65.1 Å². The highest BCUT2D eigenvalue weighted by molar-refractivity contribution is 6.33. The molecule has 0 aliphatic rings. The Balaban J connectivity index is 2.01. The highest BCUT2D eigenvalue weighted by Gasteiger charge is 2.18. The Morgan fingerprint density at radius 1 is 1.12 bits per heavy atom. The third-order valence-electron chi connectivity index (χ3n) is 4.07. The summed E-state index contributed by atoms with van der Waals surface area (Å²) in [7, 11) is 0. The lowest BCUT2D eigenvalue weighted by atomic mass is 10.1. The van der Waals surface area contributed by atoms with Gasteiger partial charge in [-0.15, -0.1) is 5.10 Å². The summed E-state index contributed by atoms with van der Waals surface area (Å²) in [6, 6.07) is 9.23. The molecule has 0 bridgehead atoms. The minimum Gasteiger partial charge on any atom is -0.310 e. The lowest BCUT2D eigenvalue weighted by molar-refractivity contribution is 0.386. The number of hydrogen-bond acceptors (Lipinski definition) is 4. The van der Waals surface area contributed by atoms with Crippen LogP contribution in [0.3, 0.4) is 0 Å². The number of aromatic nitrogens is 5. The van der Waals surface area contributed by atoms with Gasteiger partial charge in [0.05, 0.1) is 15.9 Å². The Hall–Kier alpha value is -2.73. The van der Waals surface area contributed by atoms with Crippen molar-refractivity contribution in [1.29, 1.82) is 0 Å². The molecule has 0 unspecified atom stereocenters. The third-order valence-corrected chi connectivity index (χ3v) is 4.40. The molecule has 0 aliphatic carbocycles. The van der Waals surface area contributed by atoms with Crippen LogP contribution in [0.15, 0.2) is 47.5 Å². The van der Waals surface area contributed by atoms with Crippen LogP contribution in [-0.2, 0) is 5.54 Å². The van der Waals surface area contributed by atoms with Crippen LogP contribution in [0, 0.1) is 0 Å². The van der Waals surface area contributed by atoms with Gasteiger partial charge >= 0.3 is 0 Å². The van der Waals surface area contributed by atoms with Crippen LogP contribution in [0.1, 0.15) is 20.8 Å². The first-order valence-corrected chi connectivity index (χ1v) is 8.26. The molecule has 0 spiro atoms. The zero-order valence-electron chi connectivity index (χ0n) is 14.1. The second-order valence-corrected chi connectivity index (χ2v) is 7.25. The first kappa shape index (κ1) is 15.8. The van der Waals surface area contributed by atoms with Crippen molar-refractivity contribution in [3.05, 3.63) is 58.1 Å². The second kappa shape index (κ2) is 5.39. The van der Waals surface area contributed by atoms with Crippen LogP contribution in [0.2, 0.25) is 5.02 Å². The summed E-state index contributed by atoms with van der Waals surface area (Å²) in [4.78, 5) is 21.5. The Morgan fingerprint density at radius 3 is 2.60 bits per heavy atom. The molecule has 0 radical (unpaired) electrons. The number of nitrogens with zero attached hydrogens (tertiary/aromatic N) is 5. The second-order valence-electron chi connectivity index (χ2n) is 6.85. The monoisotopic (exact) mass is 353 g/mol. The minimum absolute atomic E-state index is 0.103. The normalized spacial score (nSPS) is 12.2. The van der Waals surface area contributed by atoms with E-state index in [1.165, 1.54) is 0 Å². The maximum atomic E-state index is 12.8. The fourth-order valence-corrected chi connectivity index (χ4v) is 3.02. The van der Waals surface area contributed by atoms with E-state index in [2.05, 4.69) is 15.1 Å². The molecule has 0 atom stereocenters. The molecule has 6 nitrogen and oxygen atoms in total. The van der Waals surface area contributed by atoms with Crippen molar-refractivity contribution < 1.29 is 0 Å². The van der Waals surface area contributed by atoms with Crippen molar-refractivity contribution in [2.45, 2.75) is 26.3 Å². The number of fused-ring (bicyclic) bond motifs is 3. The van der Waals surface area contributed by atoms with Gasteiger partial charge in [-0.05, 0) is 39.0 Å². The van der Waals surface area contributed by atoms with Gasteiger partial charge in [-0.2, -0.15) is 9.50 Å². The predicted molar refractivity (Wildman–Crippen MR) is 98.0 cm³/mol. The highest BCUT2D eigenvalue weighted by atomic mass is 35.5. The van der Waals surface area contributed by atoms with Crippen molar-refractivity contribution in [3.8, 4) is 11.4 Å². The van der Waals surface area contributed by atoms with Crippen LogP contribution in [0.5, 0.6) is 0 Å². The molecule has 3 heterocycles. The fraction of sp³-hybridized carbons (Fsp3) is 0.222. The summed E-state index contributed by atoms with van der Waals surface area (Å²) >= 11 is 6.24. The van der Waals surface area contributed by atoms with E-state index in [1.54, 1.807) is 27.5 Å². The van der Waals surface area contributed by atoms with E-state index in [0.717, 1.165) is 5.56 Å². The molecule has 0 saturated carbocycles.